The van der Waals surface area contributed by atoms with Gasteiger partial charge in [0.2, 0.25) is 0 Å². The summed E-state index contributed by atoms with van der Waals surface area (Å²) in [4.78, 5) is 37.5. The van der Waals surface area contributed by atoms with E-state index in [1.165, 1.54) is 141 Å². The van der Waals surface area contributed by atoms with Crippen molar-refractivity contribution in [2.45, 2.75) is 245 Å². The van der Waals surface area contributed by atoms with Crippen molar-refractivity contribution in [3.8, 4) is 0 Å². The van der Waals surface area contributed by atoms with Crippen molar-refractivity contribution in [3.63, 3.8) is 0 Å². The number of rotatable bonds is 40. The number of hydrogen-bond donors (Lipinski definition) is 0. The topological polar surface area (TPSA) is 78.9 Å². The van der Waals surface area contributed by atoms with Crippen molar-refractivity contribution in [1.29, 1.82) is 0 Å². The zero-order chi connectivity index (χ0) is 37.3. The molecule has 0 aliphatic heterocycles. The van der Waals surface area contributed by atoms with E-state index in [4.69, 9.17) is 14.2 Å². The second-order valence-electron chi connectivity index (χ2n) is 15.0. The Kier molecular flexibility index (Phi) is 39.4. The van der Waals surface area contributed by atoms with E-state index in [2.05, 4.69) is 32.9 Å². The maximum Gasteiger partial charge on any atom is 0.306 e. The molecule has 1 atom stereocenters. The lowest BCUT2D eigenvalue weighted by Crippen LogP contribution is -2.30. The molecule has 0 rings (SSSR count). The Morgan fingerprint density at radius 1 is 0.373 bits per heavy atom. The van der Waals surface area contributed by atoms with Gasteiger partial charge in [-0.2, -0.15) is 0 Å². The molecule has 0 aromatic heterocycles. The average molecular weight is 721 g/mol. The van der Waals surface area contributed by atoms with Crippen LogP contribution in [-0.4, -0.2) is 37.2 Å². The van der Waals surface area contributed by atoms with Crippen LogP contribution in [0.25, 0.3) is 0 Å². The number of unbranched alkanes of at least 4 members (excludes halogenated alkanes) is 27. The lowest BCUT2D eigenvalue weighted by atomic mass is 10.1. The van der Waals surface area contributed by atoms with E-state index in [1.807, 2.05) is 0 Å². The Morgan fingerprint density at radius 3 is 0.980 bits per heavy atom. The largest absolute Gasteiger partial charge is 0.462 e. The first kappa shape index (κ1) is 49.1. The van der Waals surface area contributed by atoms with Crippen LogP contribution in [0.2, 0.25) is 0 Å². The lowest BCUT2D eigenvalue weighted by molar-refractivity contribution is -0.167. The molecule has 0 N–H and O–H groups in total. The van der Waals surface area contributed by atoms with Crippen LogP contribution in [0.1, 0.15) is 239 Å². The fourth-order valence-corrected chi connectivity index (χ4v) is 6.38. The molecule has 0 heterocycles. The van der Waals surface area contributed by atoms with Crippen molar-refractivity contribution >= 4 is 17.9 Å². The summed E-state index contributed by atoms with van der Waals surface area (Å²) in [5, 5.41) is 0. The number of esters is 3. The van der Waals surface area contributed by atoms with E-state index in [1.54, 1.807) is 0 Å². The third kappa shape index (κ3) is 39.2. The summed E-state index contributed by atoms with van der Waals surface area (Å²) in [6.07, 6.45) is 42.1. The molecule has 0 aliphatic carbocycles. The summed E-state index contributed by atoms with van der Waals surface area (Å²) in [5.41, 5.74) is 0. The van der Waals surface area contributed by atoms with Gasteiger partial charge in [-0.1, -0.05) is 187 Å². The number of ether oxygens (including phenoxy) is 3. The SMILES string of the molecule is CCCCCCCC/C=C\CCCCCCCCCC(=O)OCC(COC(=O)CCCCCCCCC)OC(=O)CCCCCCCCCCC. The molecular weight excluding hydrogens is 636 g/mol. The Hall–Kier alpha value is -1.85. The van der Waals surface area contributed by atoms with Gasteiger partial charge in [-0.15, -0.1) is 0 Å². The van der Waals surface area contributed by atoms with Crippen LogP contribution in [0.15, 0.2) is 12.2 Å². The molecule has 6 nitrogen and oxygen atoms in total. The van der Waals surface area contributed by atoms with Crippen molar-refractivity contribution in [3.05, 3.63) is 12.2 Å². The number of allylic oxidation sites excluding steroid dienone is 2. The standard InChI is InChI=1S/C45H84O6/c1-4-7-10-13-16-18-19-20-21-22-23-24-25-27-29-32-35-38-44(47)50-41-42(40-49-43(46)37-34-31-28-15-12-9-6-3)51-45(48)39-36-33-30-26-17-14-11-8-5-2/h20-21,42H,4-19,22-41H2,1-3H3/b21-20-. The Bertz CT molecular complexity index is 794. The molecule has 0 bridgehead atoms. The second kappa shape index (κ2) is 40.9. The van der Waals surface area contributed by atoms with Crippen molar-refractivity contribution in [2.75, 3.05) is 13.2 Å². The van der Waals surface area contributed by atoms with E-state index < -0.39 is 6.10 Å². The minimum absolute atomic E-state index is 0.0684. The molecule has 51 heavy (non-hydrogen) atoms. The van der Waals surface area contributed by atoms with Crippen LogP contribution in [0.3, 0.4) is 0 Å². The quantitative estimate of drug-likeness (QED) is 0.0271. The minimum atomic E-state index is -0.761. The van der Waals surface area contributed by atoms with Crippen molar-refractivity contribution < 1.29 is 28.6 Å². The molecule has 0 saturated carbocycles. The summed E-state index contributed by atoms with van der Waals surface area (Å²) >= 11 is 0. The molecule has 0 aromatic carbocycles. The van der Waals surface area contributed by atoms with Gasteiger partial charge in [0.25, 0.3) is 0 Å². The summed E-state index contributed by atoms with van der Waals surface area (Å²) in [6, 6.07) is 0. The summed E-state index contributed by atoms with van der Waals surface area (Å²) < 4.78 is 16.6. The molecule has 0 fully saturated rings. The predicted molar refractivity (Wildman–Crippen MR) is 215 cm³/mol. The molecular formula is C45H84O6. The Balaban J connectivity index is 4.22. The zero-order valence-corrected chi connectivity index (χ0v) is 34.1. The highest BCUT2D eigenvalue weighted by Gasteiger charge is 2.19. The van der Waals surface area contributed by atoms with Crippen LogP contribution in [0, 0.1) is 0 Å². The minimum Gasteiger partial charge on any atom is -0.462 e. The van der Waals surface area contributed by atoms with Crippen molar-refractivity contribution in [2.24, 2.45) is 0 Å². The highest BCUT2D eigenvalue weighted by molar-refractivity contribution is 5.71. The second-order valence-corrected chi connectivity index (χ2v) is 15.0. The molecule has 0 aliphatic rings. The molecule has 0 saturated heterocycles. The monoisotopic (exact) mass is 721 g/mol. The third-order valence-corrected chi connectivity index (χ3v) is 9.77. The van der Waals surface area contributed by atoms with E-state index in [0.29, 0.717) is 19.3 Å². The molecule has 1 unspecified atom stereocenters. The molecule has 300 valence electrons. The van der Waals surface area contributed by atoms with E-state index in [9.17, 15) is 14.4 Å². The maximum atomic E-state index is 12.6. The highest BCUT2D eigenvalue weighted by Crippen LogP contribution is 2.14. The predicted octanol–water partition coefficient (Wildman–Crippen LogP) is 13.9. The normalized spacial score (nSPS) is 12.0. The Labute approximate surface area is 316 Å². The summed E-state index contributed by atoms with van der Waals surface area (Å²) in [5.74, 6) is -0.877. The highest BCUT2D eigenvalue weighted by atomic mass is 16.6. The molecule has 0 spiro atoms. The van der Waals surface area contributed by atoms with Gasteiger partial charge >= 0.3 is 17.9 Å². The Morgan fingerprint density at radius 2 is 0.647 bits per heavy atom. The van der Waals surface area contributed by atoms with E-state index in [-0.39, 0.29) is 31.1 Å². The van der Waals surface area contributed by atoms with E-state index >= 15 is 0 Å². The molecule has 0 radical (unpaired) electrons. The average Bonchev–Trinajstić information content (AvgIpc) is 3.12. The third-order valence-electron chi connectivity index (χ3n) is 9.77. The van der Waals surface area contributed by atoms with Gasteiger partial charge in [0, 0.05) is 19.3 Å². The van der Waals surface area contributed by atoms with Crippen molar-refractivity contribution in [1.82, 2.24) is 0 Å². The maximum absolute atomic E-state index is 12.6. The van der Waals surface area contributed by atoms with Gasteiger partial charge < -0.3 is 14.2 Å². The van der Waals surface area contributed by atoms with Crippen LogP contribution in [-0.2, 0) is 28.6 Å². The fourth-order valence-electron chi connectivity index (χ4n) is 6.38. The number of hydrogen-bond acceptors (Lipinski definition) is 6. The zero-order valence-electron chi connectivity index (χ0n) is 34.1. The van der Waals surface area contributed by atoms with Crippen LogP contribution in [0.5, 0.6) is 0 Å². The van der Waals surface area contributed by atoms with Gasteiger partial charge in [0.1, 0.15) is 13.2 Å². The summed E-state index contributed by atoms with van der Waals surface area (Å²) in [6.45, 7) is 6.57. The first-order valence-corrected chi connectivity index (χ1v) is 22.2. The van der Waals surface area contributed by atoms with Crippen LogP contribution in [0.4, 0.5) is 0 Å². The molecule has 0 aromatic rings. The smallest absolute Gasteiger partial charge is 0.306 e. The lowest BCUT2D eigenvalue weighted by Gasteiger charge is -2.18. The van der Waals surface area contributed by atoms with Gasteiger partial charge in [-0.25, -0.2) is 0 Å². The van der Waals surface area contributed by atoms with Gasteiger partial charge in [-0.05, 0) is 44.9 Å². The van der Waals surface area contributed by atoms with Gasteiger partial charge in [-0.3, -0.25) is 14.4 Å². The number of carbonyl (C=O) groups is 3. The van der Waals surface area contributed by atoms with Crippen LogP contribution >= 0.6 is 0 Å². The fraction of sp³-hybridized carbons (Fsp3) is 0.889. The molecule has 6 heteroatoms. The first-order chi connectivity index (χ1) is 25.0. The van der Waals surface area contributed by atoms with Gasteiger partial charge in [0.15, 0.2) is 6.10 Å². The van der Waals surface area contributed by atoms with Crippen LogP contribution < -0.4 is 0 Å². The van der Waals surface area contributed by atoms with E-state index in [0.717, 1.165) is 57.8 Å². The number of carbonyl (C=O) groups excluding carboxylic acids is 3. The van der Waals surface area contributed by atoms with Gasteiger partial charge in [0.05, 0.1) is 0 Å². The first-order valence-electron chi connectivity index (χ1n) is 22.2. The summed E-state index contributed by atoms with van der Waals surface area (Å²) in [7, 11) is 0. The molecule has 0 amide bonds.